The van der Waals surface area contributed by atoms with E-state index in [0.29, 0.717) is 32.4 Å². The smallest absolute Gasteiger partial charge is 0.160 e. The number of nitrogens with two attached hydrogens (primary N) is 1. The average Bonchev–Trinajstić information content (AvgIpc) is 2.59. The minimum atomic E-state index is 0.0577. The fourth-order valence-corrected chi connectivity index (χ4v) is 3.11. The van der Waals surface area contributed by atoms with Crippen LogP contribution in [0.15, 0.2) is 0 Å². The van der Waals surface area contributed by atoms with Crippen LogP contribution in [0, 0.1) is 0 Å². The molecule has 0 amide bonds. The highest BCUT2D eigenvalue weighted by atomic mass is 16.1. The summed E-state index contributed by atoms with van der Waals surface area (Å²) < 4.78 is 0. The summed E-state index contributed by atoms with van der Waals surface area (Å²) in [4.78, 5) is 37.4. The van der Waals surface area contributed by atoms with Crippen LogP contribution in [-0.4, -0.2) is 61.5 Å². The lowest BCUT2D eigenvalue weighted by molar-refractivity contribution is -0.120. The van der Waals surface area contributed by atoms with E-state index in [1.165, 1.54) is 0 Å². The van der Waals surface area contributed by atoms with Crippen LogP contribution >= 0.6 is 0 Å². The molecule has 144 valence electrons. The van der Waals surface area contributed by atoms with Crippen LogP contribution in [0.2, 0.25) is 0 Å². The van der Waals surface area contributed by atoms with Gasteiger partial charge in [-0.15, -0.1) is 0 Å². The highest BCUT2D eigenvalue weighted by Gasteiger charge is 2.11. The number of ketones is 3. The molecule has 1 heterocycles. The first-order chi connectivity index (χ1) is 12.1. The molecule has 1 rings (SSSR count). The van der Waals surface area contributed by atoms with Gasteiger partial charge in [0.15, 0.2) is 5.78 Å². The van der Waals surface area contributed by atoms with Gasteiger partial charge < -0.3 is 11.1 Å². The highest BCUT2D eigenvalue weighted by molar-refractivity contribution is 5.82. The van der Waals surface area contributed by atoms with Gasteiger partial charge in [0.05, 0.1) is 19.6 Å². The summed E-state index contributed by atoms with van der Waals surface area (Å²) in [5, 5.41) is 3.21. The molecule has 0 atom stereocenters. The van der Waals surface area contributed by atoms with E-state index in [9.17, 15) is 14.4 Å². The van der Waals surface area contributed by atoms with Gasteiger partial charge in [-0.1, -0.05) is 12.8 Å². The Labute approximate surface area is 151 Å². The highest BCUT2D eigenvalue weighted by Crippen LogP contribution is 2.07. The Morgan fingerprint density at radius 3 is 2.28 bits per heavy atom. The maximum atomic E-state index is 11.9. The van der Waals surface area contributed by atoms with Crippen LogP contribution in [0.25, 0.3) is 0 Å². The van der Waals surface area contributed by atoms with Crippen molar-refractivity contribution < 1.29 is 14.4 Å². The maximum absolute atomic E-state index is 11.9. The summed E-state index contributed by atoms with van der Waals surface area (Å²) in [5.41, 5.74) is 5.43. The van der Waals surface area contributed by atoms with Crippen LogP contribution in [0.3, 0.4) is 0 Å². The molecule has 0 unspecified atom stereocenters. The standard InChI is InChI=1S/C19H35N3O3/c20-14-19(25)16-22-12-6-2-1-5-11-21-15-18(24)9-4-3-8-17(23)10-7-13-22/h21H,1-16,20H2. The predicted octanol–water partition coefficient (Wildman–Crippen LogP) is 1.46. The van der Waals surface area contributed by atoms with E-state index in [0.717, 1.165) is 64.6 Å². The number of carbonyl (C=O) groups excluding carboxylic acids is 3. The molecule has 1 saturated heterocycles. The third kappa shape index (κ3) is 12.0. The number of hydrogen-bond acceptors (Lipinski definition) is 6. The molecule has 1 aliphatic rings. The van der Waals surface area contributed by atoms with Gasteiger partial charge in [0, 0.05) is 19.3 Å². The number of carbonyl (C=O) groups is 3. The van der Waals surface area contributed by atoms with Gasteiger partial charge in [-0.25, -0.2) is 0 Å². The summed E-state index contributed by atoms with van der Waals surface area (Å²) in [6.07, 6.45) is 8.41. The zero-order chi connectivity index (χ0) is 18.3. The quantitative estimate of drug-likeness (QED) is 0.798. The van der Waals surface area contributed by atoms with E-state index < -0.39 is 0 Å². The van der Waals surface area contributed by atoms with E-state index in [-0.39, 0.29) is 23.9 Å². The Balaban J connectivity index is 2.43. The topological polar surface area (TPSA) is 92.5 Å². The van der Waals surface area contributed by atoms with Crippen molar-refractivity contribution in [2.75, 3.05) is 39.3 Å². The van der Waals surface area contributed by atoms with Gasteiger partial charge in [-0.05, 0) is 51.7 Å². The Kier molecular flexibility index (Phi) is 12.4. The van der Waals surface area contributed by atoms with Crippen molar-refractivity contribution in [2.45, 2.75) is 64.2 Å². The Morgan fingerprint density at radius 1 is 0.880 bits per heavy atom. The summed E-state index contributed by atoms with van der Waals surface area (Å²) in [5.74, 6) is 0.563. The summed E-state index contributed by atoms with van der Waals surface area (Å²) in [6, 6.07) is 0. The van der Waals surface area contributed by atoms with Gasteiger partial charge in [-0.3, -0.25) is 19.3 Å². The lowest BCUT2D eigenvalue weighted by atomic mass is 10.1. The Bertz CT molecular complexity index is 413. The third-order valence-corrected chi connectivity index (χ3v) is 4.62. The van der Waals surface area contributed by atoms with Gasteiger partial charge in [0.2, 0.25) is 0 Å². The normalized spacial score (nSPS) is 21.5. The average molecular weight is 354 g/mol. The van der Waals surface area contributed by atoms with E-state index in [2.05, 4.69) is 10.2 Å². The van der Waals surface area contributed by atoms with Gasteiger partial charge in [0.1, 0.15) is 11.6 Å². The number of nitrogens with zero attached hydrogens (tertiary/aromatic N) is 1. The SMILES string of the molecule is NCC(=O)CN1CCCCCCNCC(=O)CCCCC(=O)CCC1. The predicted molar refractivity (Wildman–Crippen MR) is 99.6 cm³/mol. The number of hydrogen-bond donors (Lipinski definition) is 2. The van der Waals surface area contributed by atoms with Crippen LogP contribution in [-0.2, 0) is 14.4 Å². The molecule has 0 radical (unpaired) electrons. The monoisotopic (exact) mass is 353 g/mol. The lowest BCUT2D eigenvalue weighted by Gasteiger charge is -2.21. The van der Waals surface area contributed by atoms with Crippen molar-refractivity contribution in [1.29, 1.82) is 0 Å². The molecule has 25 heavy (non-hydrogen) atoms. The van der Waals surface area contributed by atoms with Crippen molar-refractivity contribution in [3.63, 3.8) is 0 Å². The van der Waals surface area contributed by atoms with Crippen molar-refractivity contribution in [3.8, 4) is 0 Å². The number of rotatable bonds is 3. The fourth-order valence-electron chi connectivity index (χ4n) is 3.11. The second-order valence-electron chi connectivity index (χ2n) is 7.00. The Morgan fingerprint density at radius 2 is 1.52 bits per heavy atom. The Hall–Kier alpha value is -1.11. The van der Waals surface area contributed by atoms with Crippen molar-refractivity contribution in [2.24, 2.45) is 5.73 Å². The molecule has 0 saturated carbocycles. The van der Waals surface area contributed by atoms with E-state index in [4.69, 9.17) is 5.73 Å². The lowest BCUT2D eigenvalue weighted by Crippen LogP contribution is -2.35. The van der Waals surface area contributed by atoms with Crippen LogP contribution < -0.4 is 11.1 Å². The van der Waals surface area contributed by atoms with E-state index in [1.54, 1.807) is 0 Å². The molecule has 6 nitrogen and oxygen atoms in total. The van der Waals surface area contributed by atoms with Crippen molar-refractivity contribution >= 4 is 17.3 Å². The minimum absolute atomic E-state index is 0.0577. The summed E-state index contributed by atoms with van der Waals surface area (Å²) in [7, 11) is 0. The molecule has 0 aromatic carbocycles. The molecule has 6 heteroatoms. The zero-order valence-electron chi connectivity index (χ0n) is 15.6. The summed E-state index contributed by atoms with van der Waals surface area (Å²) >= 11 is 0. The minimum Gasteiger partial charge on any atom is -0.324 e. The second-order valence-corrected chi connectivity index (χ2v) is 7.00. The largest absolute Gasteiger partial charge is 0.324 e. The van der Waals surface area contributed by atoms with Crippen molar-refractivity contribution in [1.82, 2.24) is 10.2 Å². The van der Waals surface area contributed by atoms with Gasteiger partial charge in [-0.2, -0.15) is 0 Å². The molecule has 1 fully saturated rings. The molecule has 0 bridgehead atoms. The van der Waals surface area contributed by atoms with Crippen LogP contribution in [0.1, 0.15) is 64.2 Å². The number of nitrogens with one attached hydrogen (secondary N) is 1. The fraction of sp³-hybridized carbons (Fsp3) is 0.842. The summed E-state index contributed by atoms with van der Waals surface area (Å²) in [6.45, 7) is 3.46. The van der Waals surface area contributed by atoms with Gasteiger partial charge >= 0.3 is 0 Å². The molecule has 0 aliphatic carbocycles. The van der Waals surface area contributed by atoms with E-state index in [1.807, 2.05) is 0 Å². The first-order valence-electron chi connectivity index (χ1n) is 9.80. The number of Topliss-reactive ketones (excluding diaryl/α,β-unsaturated/α-hetero) is 3. The third-order valence-electron chi connectivity index (χ3n) is 4.62. The van der Waals surface area contributed by atoms with Gasteiger partial charge in [0.25, 0.3) is 0 Å². The molecular weight excluding hydrogens is 318 g/mol. The molecule has 0 spiro atoms. The van der Waals surface area contributed by atoms with Crippen LogP contribution in [0.5, 0.6) is 0 Å². The maximum Gasteiger partial charge on any atom is 0.160 e. The molecular formula is C19H35N3O3. The zero-order valence-corrected chi connectivity index (χ0v) is 15.6. The molecule has 1 aliphatic heterocycles. The second kappa shape index (κ2) is 14.1. The molecule has 0 aromatic rings. The van der Waals surface area contributed by atoms with E-state index >= 15 is 0 Å². The van der Waals surface area contributed by atoms with Crippen LogP contribution in [0.4, 0.5) is 0 Å². The molecule has 3 N–H and O–H groups in total. The molecule has 0 aromatic heterocycles. The van der Waals surface area contributed by atoms with Crippen molar-refractivity contribution in [3.05, 3.63) is 0 Å². The first-order valence-corrected chi connectivity index (χ1v) is 9.80. The first kappa shape index (κ1) is 21.9.